The molecule has 0 saturated carbocycles. The number of rotatable bonds is 8. The Morgan fingerprint density at radius 1 is 1.00 bits per heavy atom. The maximum Gasteiger partial charge on any atom is 0.164 e. The summed E-state index contributed by atoms with van der Waals surface area (Å²) in [5, 5.41) is 11.9. The van der Waals surface area contributed by atoms with Crippen molar-refractivity contribution in [3.63, 3.8) is 0 Å². The molecule has 0 radical (unpaired) electrons. The van der Waals surface area contributed by atoms with Gasteiger partial charge in [-0.25, -0.2) is 0 Å². The van der Waals surface area contributed by atoms with Gasteiger partial charge >= 0.3 is 0 Å². The van der Waals surface area contributed by atoms with Crippen LogP contribution in [0.4, 0.5) is 0 Å². The fraction of sp³-hybridized carbons (Fsp3) is 0.538. The highest BCUT2D eigenvalue weighted by molar-refractivity contribution is 5.50. The number of aliphatic hydroxyl groups excluding tert-OH is 1. The maximum atomic E-state index is 8.71. The second-order valence-electron chi connectivity index (χ2n) is 3.77. The monoisotopic (exact) mass is 255 g/mol. The first-order valence-corrected chi connectivity index (χ1v) is 5.87. The molecule has 1 aromatic rings. The largest absolute Gasteiger partial charge is 0.496 e. The van der Waals surface area contributed by atoms with Crippen molar-refractivity contribution in [3.05, 3.63) is 17.7 Å². The van der Waals surface area contributed by atoms with E-state index in [-0.39, 0.29) is 6.61 Å². The van der Waals surface area contributed by atoms with Crippen molar-refractivity contribution in [1.82, 2.24) is 5.32 Å². The highest BCUT2D eigenvalue weighted by atomic mass is 16.5. The molecule has 0 fully saturated rings. The van der Waals surface area contributed by atoms with Gasteiger partial charge in [0.05, 0.1) is 21.3 Å². The fourth-order valence-corrected chi connectivity index (χ4v) is 1.66. The van der Waals surface area contributed by atoms with E-state index in [9.17, 15) is 0 Å². The second kappa shape index (κ2) is 7.79. The van der Waals surface area contributed by atoms with Crippen molar-refractivity contribution in [2.75, 3.05) is 34.5 Å². The Morgan fingerprint density at radius 3 is 2.17 bits per heavy atom. The Morgan fingerprint density at radius 2 is 1.61 bits per heavy atom. The Balaban J connectivity index is 2.81. The molecule has 0 aromatic heterocycles. The molecule has 1 rings (SSSR count). The first-order valence-electron chi connectivity index (χ1n) is 5.87. The predicted molar refractivity (Wildman–Crippen MR) is 69.5 cm³/mol. The topological polar surface area (TPSA) is 60.0 Å². The molecule has 0 aliphatic heterocycles. The molecule has 0 aliphatic rings. The minimum atomic E-state index is 0.191. The molecule has 102 valence electrons. The molecule has 0 bridgehead atoms. The Bertz CT molecular complexity index is 368. The summed E-state index contributed by atoms with van der Waals surface area (Å²) in [6, 6.07) is 3.70. The zero-order valence-electron chi connectivity index (χ0n) is 11.2. The molecule has 2 N–H and O–H groups in total. The zero-order chi connectivity index (χ0) is 13.4. The van der Waals surface area contributed by atoms with Gasteiger partial charge in [-0.1, -0.05) is 0 Å². The van der Waals surface area contributed by atoms with Gasteiger partial charge in [-0.15, -0.1) is 0 Å². The van der Waals surface area contributed by atoms with Gasteiger partial charge in [0.2, 0.25) is 0 Å². The van der Waals surface area contributed by atoms with Gasteiger partial charge in [0, 0.05) is 24.8 Å². The summed E-state index contributed by atoms with van der Waals surface area (Å²) in [5.41, 5.74) is 0.994. The van der Waals surface area contributed by atoms with Crippen molar-refractivity contribution in [3.8, 4) is 17.2 Å². The van der Waals surface area contributed by atoms with E-state index in [0.29, 0.717) is 18.0 Å². The third-order valence-electron chi connectivity index (χ3n) is 2.61. The molecule has 0 amide bonds. The first-order chi connectivity index (χ1) is 8.76. The molecule has 0 unspecified atom stereocenters. The van der Waals surface area contributed by atoms with Crippen LogP contribution in [-0.4, -0.2) is 39.6 Å². The first kappa shape index (κ1) is 14.6. The predicted octanol–water partition coefficient (Wildman–Crippen LogP) is 1.18. The fourth-order valence-electron chi connectivity index (χ4n) is 1.66. The van der Waals surface area contributed by atoms with Crippen LogP contribution in [0.2, 0.25) is 0 Å². The van der Waals surface area contributed by atoms with Gasteiger partial charge in [-0.2, -0.15) is 0 Å². The SMILES string of the molecule is COc1cc(OC)c(OC)cc1CNCCCO. The lowest BCUT2D eigenvalue weighted by Gasteiger charge is -2.14. The molecule has 0 heterocycles. The summed E-state index contributed by atoms with van der Waals surface area (Å²) < 4.78 is 15.8. The van der Waals surface area contributed by atoms with Crippen LogP contribution in [0.15, 0.2) is 12.1 Å². The molecule has 0 aliphatic carbocycles. The number of hydrogen-bond acceptors (Lipinski definition) is 5. The van der Waals surface area contributed by atoms with E-state index in [1.165, 1.54) is 0 Å². The van der Waals surface area contributed by atoms with Gasteiger partial charge in [0.1, 0.15) is 5.75 Å². The third-order valence-corrected chi connectivity index (χ3v) is 2.61. The highest BCUT2D eigenvalue weighted by Gasteiger charge is 2.11. The number of benzene rings is 1. The van der Waals surface area contributed by atoms with Gasteiger partial charge in [0.15, 0.2) is 11.5 Å². The maximum absolute atomic E-state index is 8.71. The number of ether oxygens (including phenoxy) is 3. The van der Waals surface area contributed by atoms with Gasteiger partial charge < -0.3 is 24.6 Å². The molecule has 0 spiro atoms. The van der Waals surface area contributed by atoms with Crippen molar-refractivity contribution in [1.29, 1.82) is 0 Å². The third kappa shape index (κ3) is 3.78. The van der Waals surface area contributed by atoms with Crippen LogP contribution in [0.1, 0.15) is 12.0 Å². The standard InChI is InChI=1S/C13H21NO4/c1-16-11-8-13(18-3)12(17-2)7-10(11)9-14-5-4-6-15/h7-8,14-15H,4-6,9H2,1-3H3. The molecular weight excluding hydrogens is 234 g/mol. The van der Waals surface area contributed by atoms with Crippen molar-refractivity contribution < 1.29 is 19.3 Å². The highest BCUT2D eigenvalue weighted by Crippen LogP contribution is 2.34. The van der Waals surface area contributed by atoms with Gasteiger partial charge in [-0.3, -0.25) is 0 Å². The number of hydrogen-bond donors (Lipinski definition) is 2. The molecule has 0 saturated heterocycles. The quantitative estimate of drug-likeness (QED) is 0.683. The number of nitrogens with one attached hydrogen (secondary N) is 1. The lowest BCUT2D eigenvalue weighted by atomic mass is 10.1. The van der Waals surface area contributed by atoms with Crippen LogP contribution in [0.5, 0.6) is 17.2 Å². The molecule has 5 nitrogen and oxygen atoms in total. The zero-order valence-corrected chi connectivity index (χ0v) is 11.2. The number of methoxy groups -OCH3 is 3. The van der Waals surface area contributed by atoms with Gasteiger partial charge in [0.25, 0.3) is 0 Å². The smallest absolute Gasteiger partial charge is 0.164 e. The van der Waals surface area contributed by atoms with E-state index in [1.807, 2.05) is 12.1 Å². The summed E-state index contributed by atoms with van der Waals surface area (Å²) in [5.74, 6) is 2.08. The Labute approximate surface area is 108 Å². The summed E-state index contributed by atoms with van der Waals surface area (Å²) >= 11 is 0. The van der Waals surface area contributed by atoms with Crippen LogP contribution >= 0.6 is 0 Å². The van der Waals surface area contributed by atoms with Crippen molar-refractivity contribution in [2.24, 2.45) is 0 Å². The normalized spacial score (nSPS) is 10.2. The second-order valence-corrected chi connectivity index (χ2v) is 3.77. The van der Waals surface area contributed by atoms with Crippen LogP contribution in [0.3, 0.4) is 0 Å². The summed E-state index contributed by atoms with van der Waals surface area (Å²) in [7, 11) is 4.82. The van der Waals surface area contributed by atoms with Crippen molar-refractivity contribution >= 4 is 0 Å². The summed E-state index contributed by atoms with van der Waals surface area (Å²) in [6.45, 7) is 1.60. The van der Waals surface area contributed by atoms with E-state index in [1.54, 1.807) is 21.3 Å². The minimum absolute atomic E-state index is 0.191. The molecule has 1 aromatic carbocycles. The van der Waals surface area contributed by atoms with E-state index >= 15 is 0 Å². The minimum Gasteiger partial charge on any atom is -0.496 e. The lowest BCUT2D eigenvalue weighted by molar-refractivity contribution is 0.286. The molecule has 5 heteroatoms. The van der Waals surface area contributed by atoms with E-state index in [4.69, 9.17) is 19.3 Å². The average molecular weight is 255 g/mol. The van der Waals surface area contributed by atoms with Crippen LogP contribution < -0.4 is 19.5 Å². The molecule has 18 heavy (non-hydrogen) atoms. The van der Waals surface area contributed by atoms with Gasteiger partial charge in [-0.05, 0) is 19.0 Å². The van der Waals surface area contributed by atoms with E-state index < -0.39 is 0 Å². The Hall–Kier alpha value is -1.46. The average Bonchev–Trinajstić information content (AvgIpc) is 2.42. The Kier molecular flexibility index (Phi) is 6.32. The van der Waals surface area contributed by atoms with Crippen LogP contribution in [0.25, 0.3) is 0 Å². The van der Waals surface area contributed by atoms with Crippen LogP contribution in [0, 0.1) is 0 Å². The molecule has 0 atom stereocenters. The number of aliphatic hydroxyl groups is 1. The summed E-state index contributed by atoms with van der Waals surface area (Å²) in [4.78, 5) is 0. The van der Waals surface area contributed by atoms with Crippen LogP contribution in [-0.2, 0) is 6.54 Å². The van der Waals surface area contributed by atoms with E-state index in [0.717, 1.165) is 24.3 Å². The lowest BCUT2D eigenvalue weighted by Crippen LogP contribution is -2.16. The van der Waals surface area contributed by atoms with Crippen molar-refractivity contribution in [2.45, 2.75) is 13.0 Å². The summed E-state index contributed by atoms with van der Waals surface area (Å²) in [6.07, 6.45) is 0.732. The molecular formula is C13H21NO4. The van der Waals surface area contributed by atoms with E-state index in [2.05, 4.69) is 5.32 Å².